The first kappa shape index (κ1) is 19.0. The van der Waals surface area contributed by atoms with Crippen LogP contribution in [-0.2, 0) is 0 Å². The van der Waals surface area contributed by atoms with Gasteiger partial charge in [0.25, 0.3) is 0 Å². The normalized spacial score (nSPS) is 10.6. The number of allylic oxidation sites excluding steroid dienone is 1. The van der Waals surface area contributed by atoms with E-state index in [0.29, 0.717) is 16.9 Å². The highest BCUT2D eigenvalue weighted by atomic mass is 19.1. The molecule has 28 heavy (non-hydrogen) atoms. The Morgan fingerprint density at radius 2 is 1.61 bits per heavy atom. The fourth-order valence-electron chi connectivity index (χ4n) is 2.52. The molecular weight excluding hydrogens is 359 g/mol. The number of ketones is 1. The van der Waals surface area contributed by atoms with Crippen LogP contribution in [0.25, 0.3) is 6.08 Å². The molecule has 0 spiro atoms. The molecule has 3 rings (SSSR count). The number of benzene rings is 3. The molecule has 5 heteroatoms. The van der Waals surface area contributed by atoms with E-state index in [2.05, 4.69) is 0 Å². The smallest absolute Gasteiger partial charge is 0.346 e. The third-order valence-electron chi connectivity index (χ3n) is 3.97. The van der Waals surface area contributed by atoms with Crippen molar-refractivity contribution in [2.24, 2.45) is 0 Å². The Hall–Kier alpha value is -3.73. The lowest BCUT2D eigenvalue weighted by Crippen LogP contribution is -2.11. The minimum absolute atomic E-state index is 0.130. The summed E-state index contributed by atoms with van der Waals surface area (Å²) in [6, 6.07) is 19.3. The number of hydrogen-bond acceptors (Lipinski definition) is 4. The molecule has 0 bridgehead atoms. The maximum absolute atomic E-state index is 13.7. The second-order valence-electron chi connectivity index (χ2n) is 5.84. The molecule has 0 radical (unpaired) electrons. The van der Waals surface area contributed by atoms with Gasteiger partial charge in [-0.1, -0.05) is 54.6 Å². The summed E-state index contributed by atoms with van der Waals surface area (Å²) in [6.45, 7) is 0. The summed E-state index contributed by atoms with van der Waals surface area (Å²) >= 11 is 0. The Balaban J connectivity index is 1.77. The molecule has 0 aliphatic carbocycles. The van der Waals surface area contributed by atoms with Crippen LogP contribution in [0.4, 0.5) is 4.39 Å². The molecule has 0 saturated heterocycles. The average Bonchev–Trinajstić information content (AvgIpc) is 2.73. The number of methoxy groups -OCH3 is 1. The molecule has 0 N–H and O–H groups in total. The van der Waals surface area contributed by atoms with E-state index in [1.54, 1.807) is 48.5 Å². The molecule has 0 fully saturated rings. The predicted octanol–water partition coefficient (Wildman–Crippen LogP) is 4.95. The van der Waals surface area contributed by atoms with Gasteiger partial charge in [-0.25, -0.2) is 9.18 Å². The Bertz CT molecular complexity index is 1030. The highest BCUT2D eigenvalue weighted by Gasteiger charge is 2.16. The summed E-state index contributed by atoms with van der Waals surface area (Å²) in [6.07, 6.45) is 3.09. The summed E-state index contributed by atoms with van der Waals surface area (Å²) in [7, 11) is 1.43. The molecule has 0 aliphatic rings. The average molecular weight is 376 g/mol. The lowest BCUT2D eigenvalue weighted by molar-refractivity contribution is 0.0724. The number of carbonyl (C=O) groups is 2. The molecule has 3 aromatic carbocycles. The summed E-state index contributed by atoms with van der Waals surface area (Å²) in [5.41, 5.74) is 1.11. The minimum atomic E-state index is -0.820. The zero-order valence-electron chi connectivity index (χ0n) is 15.1. The topological polar surface area (TPSA) is 52.6 Å². The van der Waals surface area contributed by atoms with Crippen LogP contribution < -0.4 is 9.47 Å². The molecule has 3 aromatic rings. The summed E-state index contributed by atoms with van der Waals surface area (Å²) in [5, 5.41) is 0. The molecule has 0 unspecified atom stereocenters. The number of hydrogen-bond donors (Lipinski definition) is 0. The van der Waals surface area contributed by atoms with E-state index >= 15 is 0 Å². The van der Waals surface area contributed by atoms with Crippen molar-refractivity contribution in [1.82, 2.24) is 0 Å². The first-order valence-electron chi connectivity index (χ1n) is 8.50. The highest BCUT2D eigenvalue weighted by Crippen LogP contribution is 2.29. The van der Waals surface area contributed by atoms with Crippen LogP contribution in [0.15, 0.2) is 78.9 Å². The van der Waals surface area contributed by atoms with Crippen molar-refractivity contribution < 1.29 is 23.5 Å². The number of rotatable bonds is 6. The Labute approximate surface area is 161 Å². The van der Waals surface area contributed by atoms with Crippen molar-refractivity contribution in [3.8, 4) is 11.5 Å². The van der Waals surface area contributed by atoms with E-state index in [1.165, 1.54) is 37.5 Å². The van der Waals surface area contributed by atoms with Crippen LogP contribution in [0.1, 0.15) is 26.3 Å². The van der Waals surface area contributed by atoms with Crippen molar-refractivity contribution in [1.29, 1.82) is 0 Å². The van der Waals surface area contributed by atoms with Gasteiger partial charge in [-0.05, 0) is 35.9 Å². The van der Waals surface area contributed by atoms with Gasteiger partial charge < -0.3 is 9.47 Å². The second-order valence-corrected chi connectivity index (χ2v) is 5.84. The lowest BCUT2D eigenvalue weighted by Gasteiger charge is -2.10. The second kappa shape index (κ2) is 8.77. The lowest BCUT2D eigenvalue weighted by atomic mass is 10.1. The Morgan fingerprint density at radius 3 is 2.32 bits per heavy atom. The SMILES string of the molecule is COc1cc(C=CC(=O)c2ccccc2)ccc1OC(=O)c1ccccc1F. The number of ether oxygens (including phenoxy) is 2. The first-order valence-corrected chi connectivity index (χ1v) is 8.50. The van der Waals surface area contributed by atoms with Gasteiger partial charge in [0.15, 0.2) is 17.3 Å². The molecule has 0 heterocycles. The molecule has 140 valence electrons. The van der Waals surface area contributed by atoms with Gasteiger partial charge in [0.1, 0.15) is 5.82 Å². The molecule has 0 aromatic heterocycles. The van der Waals surface area contributed by atoms with E-state index < -0.39 is 11.8 Å². The maximum atomic E-state index is 13.7. The van der Waals surface area contributed by atoms with Crippen molar-refractivity contribution in [3.63, 3.8) is 0 Å². The van der Waals surface area contributed by atoms with Crippen molar-refractivity contribution >= 4 is 17.8 Å². The predicted molar refractivity (Wildman–Crippen MR) is 104 cm³/mol. The third kappa shape index (κ3) is 4.51. The van der Waals surface area contributed by atoms with Gasteiger partial charge in [-0.15, -0.1) is 0 Å². The van der Waals surface area contributed by atoms with Crippen LogP contribution in [0, 0.1) is 5.82 Å². The quantitative estimate of drug-likeness (QED) is 0.264. The Kier molecular flexibility index (Phi) is 5.97. The highest BCUT2D eigenvalue weighted by molar-refractivity contribution is 6.06. The molecule has 0 atom stereocenters. The first-order chi connectivity index (χ1) is 13.6. The standard InChI is InChI=1S/C23H17FO4/c1-27-22-15-16(11-13-20(25)17-7-3-2-4-8-17)12-14-21(22)28-23(26)18-9-5-6-10-19(18)24/h2-15H,1H3. The van der Waals surface area contributed by atoms with E-state index in [4.69, 9.17) is 9.47 Å². The molecule has 4 nitrogen and oxygen atoms in total. The van der Waals surface area contributed by atoms with Crippen LogP contribution >= 0.6 is 0 Å². The monoisotopic (exact) mass is 376 g/mol. The number of esters is 1. The zero-order chi connectivity index (χ0) is 19.9. The molecule has 0 amide bonds. The van der Waals surface area contributed by atoms with E-state index in [-0.39, 0.29) is 17.1 Å². The summed E-state index contributed by atoms with van der Waals surface area (Å²) < 4.78 is 24.2. The van der Waals surface area contributed by atoms with Crippen molar-refractivity contribution in [2.45, 2.75) is 0 Å². The molecule has 0 aliphatic heterocycles. The van der Waals surface area contributed by atoms with Gasteiger partial charge in [-0.3, -0.25) is 4.79 Å². The largest absolute Gasteiger partial charge is 0.493 e. The fraction of sp³-hybridized carbons (Fsp3) is 0.0435. The zero-order valence-corrected chi connectivity index (χ0v) is 15.1. The third-order valence-corrected chi connectivity index (χ3v) is 3.97. The van der Waals surface area contributed by atoms with Gasteiger partial charge in [0.05, 0.1) is 12.7 Å². The fourth-order valence-corrected chi connectivity index (χ4v) is 2.52. The van der Waals surface area contributed by atoms with Crippen LogP contribution in [0.2, 0.25) is 0 Å². The van der Waals surface area contributed by atoms with Crippen molar-refractivity contribution in [2.75, 3.05) is 7.11 Å². The van der Waals surface area contributed by atoms with Crippen molar-refractivity contribution in [3.05, 3.63) is 101 Å². The van der Waals surface area contributed by atoms with E-state index in [1.807, 2.05) is 6.07 Å². The van der Waals surface area contributed by atoms with Gasteiger partial charge >= 0.3 is 5.97 Å². The Morgan fingerprint density at radius 1 is 0.893 bits per heavy atom. The number of halogens is 1. The van der Waals surface area contributed by atoms with Gasteiger partial charge in [-0.2, -0.15) is 0 Å². The van der Waals surface area contributed by atoms with Crippen LogP contribution in [0.3, 0.4) is 0 Å². The van der Waals surface area contributed by atoms with Crippen LogP contribution in [0.5, 0.6) is 11.5 Å². The molecule has 0 saturated carbocycles. The number of carbonyl (C=O) groups excluding carboxylic acids is 2. The summed E-state index contributed by atoms with van der Waals surface area (Å²) in [4.78, 5) is 24.3. The van der Waals surface area contributed by atoms with Crippen LogP contribution in [-0.4, -0.2) is 18.9 Å². The van der Waals surface area contributed by atoms with E-state index in [0.717, 1.165) is 0 Å². The minimum Gasteiger partial charge on any atom is -0.493 e. The van der Waals surface area contributed by atoms with Gasteiger partial charge in [0.2, 0.25) is 0 Å². The summed E-state index contributed by atoms with van der Waals surface area (Å²) in [5.74, 6) is -1.17. The molecular formula is C23H17FO4. The van der Waals surface area contributed by atoms with Gasteiger partial charge in [0, 0.05) is 5.56 Å². The maximum Gasteiger partial charge on any atom is 0.346 e. The van der Waals surface area contributed by atoms with E-state index in [9.17, 15) is 14.0 Å².